The van der Waals surface area contributed by atoms with Gasteiger partial charge in [-0.15, -0.1) is 0 Å². The fourth-order valence-electron chi connectivity index (χ4n) is 4.53. The van der Waals surface area contributed by atoms with E-state index in [-0.39, 0.29) is 41.4 Å². The van der Waals surface area contributed by atoms with Gasteiger partial charge in [-0.25, -0.2) is 0 Å². The van der Waals surface area contributed by atoms with E-state index in [1.165, 1.54) is 4.90 Å². The molecule has 4 rings (SSSR count). The molecular weight excluding hydrogens is 316 g/mol. The lowest BCUT2D eigenvalue weighted by Crippen LogP contribution is -2.46. The molecule has 1 aromatic carbocycles. The standard InChI is InChI=1S/C20H22N2O3/c1-10-4-5-11(2)15(8-10)21-18(23)12(3)22-19(24)16-13-6-7-14(9-13)17(16)20(22)25/h4-8,12-14,16-17H,9H2,1-3H3,(H,21,23)/t12-,13+,14+,16-,17+/m1/s1. The number of rotatable bonds is 3. The van der Waals surface area contributed by atoms with Gasteiger partial charge in [-0.2, -0.15) is 0 Å². The lowest BCUT2D eigenvalue weighted by molar-refractivity contribution is -0.146. The maximum absolute atomic E-state index is 12.8. The van der Waals surface area contributed by atoms with Gasteiger partial charge in [0, 0.05) is 5.69 Å². The Bertz CT molecular complexity index is 783. The molecule has 0 unspecified atom stereocenters. The highest BCUT2D eigenvalue weighted by atomic mass is 16.2. The number of amides is 3. The first-order chi connectivity index (χ1) is 11.9. The van der Waals surface area contributed by atoms with Crippen molar-refractivity contribution >= 4 is 23.4 Å². The van der Waals surface area contributed by atoms with Gasteiger partial charge >= 0.3 is 0 Å². The van der Waals surface area contributed by atoms with Gasteiger partial charge in [0.15, 0.2) is 0 Å². The van der Waals surface area contributed by atoms with E-state index in [1.54, 1.807) is 6.92 Å². The molecular formula is C20H22N2O3. The molecule has 130 valence electrons. The minimum Gasteiger partial charge on any atom is -0.324 e. The van der Waals surface area contributed by atoms with Crippen LogP contribution < -0.4 is 5.32 Å². The Balaban J connectivity index is 1.54. The van der Waals surface area contributed by atoms with E-state index in [1.807, 2.05) is 32.0 Å². The summed E-state index contributed by atoms with van der Waals surface area (Å²) in [6.07, 6.45) is 5.01. The van der Waals surface area contributed by atoms with E-state index >= 15 is 0 Å². The Hall–Kier alpha value is -2.43. The number of nitrogens with one attached hydrogen (secondary N) is 1. The highest BCUT2D eigenvalue weighted by molar-refractivity contribution is 6.10. The van der Waals surface area contributed by atoms with Crippen molar-refractivity contribution in [1.29, 1.82) is 0 Å². The van der Waals surface area contributed by atoms with Gasteiger partial charge in [0.25, 0.3) is 0 Å². The van der Waals surface area contributed by atoms with Crippen molar-refractivity contribution in [2.45, 2.75) is 33.2 Å². The van der Waals surface area contributed by atoms with Crippen LogP contribution in [0.2, 0.25) is 0 Å². The number of likely N-dealkylation sites (tertiary alicyclic amines) is 1. The number of carbonyl (C=O) groups excluding carboxylic acids is 3. The second-order valence-corrected chi connectivity index (χ2v) is 7.53. The Labute approximate surface area is 147 Å². The molecule has 2 aliphatic carbocycles. The molecule has 5 heteroatoms. The van der Waals surface area contributed by atoms with Crippen molar-refractivity contribution in [3.05, 3.63) is 41.5 Å². The van der Waals surface area contributed by atoms with Gasteiger partial charge in [0.05, 0.1) is 11.8 Å². The number of carbonyl (C=O) groups is 3. The van der Waals surface area contributed by atoms with Gasteiger partial charge in [0.1, 0.15) is 6.04 Å². The van der Waals surface area contributed by atoms with Crippen molar-refractivity contribution in [2.75, 3.05) is 5.32 Å². The van der Waals surface area contributed by atoms with E-state index in [2.05, 4.69) is 17.5 Å². The summed E-state index contributed by atoms with van der Waals surface area (Å²) in [7, 11) is 0. The predicted octanol–water partition coefficient (Wildman–Crippen LogP) is 2.44. The molecule has 2 bridgehead atoms. The van der Waals surface area contributed by atoms with Gasteiger partial charge in [0.2, 0.25) is 17.7 Å². The van der Waals surface area contributed by atoms with Crippen LogP contribution in [0.1, 0.15) is 24.5 Å². The molecule has 5 nitrogen and oxygen atoms in total. The van der Waals surface area contributed by atoms with Crippen LogP contribution in [0.5, 0.6) is 0 Å². The molecule has 0 spiro atoms. The monoisotopic (exact) mass is 338 g/mol. The Kier molecular flexibility index (Phi) is 3.56. The van der Waals surface area contributed by atoms with Crippen LogP contribution in [0.4, 0.5) is 5.69 Å². The highest BCUT2D eigenvalue weighted by Crippen LogP contribution is 2.52. The fraction of sp³-hybridized carbons (Fsp3) is 0.450. The smallest absolute Gasteiger partial charge is 0.247 e. The first-order valence-corrected chi connectivity index (χ1v) is 8.82. The molecule has 25 heavy (non-hydrogen) atoms. The average molecular weight is 338 g/mol. The van der Waals surface area contributed by atoms with Gasteiger partial charge in [-0.1, -0.05) is 24.3 Å². The molecule has 1 N–H and O–H groups in total. The summed E-state index contributed by atoms with van der Waals surface area (Å²) < 4.78 is 0. The summed E-state index contributed by atoms with van der Waals surface area (Å²) in [5.74, 6) is -0.907. The quantitative estimate of drug-likeness (QED) is 0.680. The largest absolute Gasteiger partial charge is 0.324 e. The molecule has 2 fully saturated rings. The molecule has 0 aromatic heterocycles. The maximum atomic E-state index is 12.8. The zero-order valence-corrected chi connectivity index (χ0v) is 14.7. The van der Waals surface area contributed by atoms with E-state index in [0.29, 0.717) is 0 Å². The molecule has 5 atom stereocenters. The van der Waals surface area contributed by atoms with Gasteiger partial charge in [-0.05, 0) is 56.2 Å². The molecule has 1 aliphatic heterocycles. The summed E-state index contributed by atoms with van der Waals surface area (Å²) in [5.41, 5.74) is 2.71. The third-order valence-electron chi connectivity index (χ3n) is 5.92. The SMILES string of the molecule is Cc1ccc(C)c(NC(=O)[C@@H](C)N2C(=O)[C@@H]3[C@H](C2=O)[C@H]2C=C[C@H]3C2)c1. The zero-order valence-electron chi connectivity index (χ0n) is 14.7. The molecule has 1 heterocycles. The predicted molar refractivity (Wildman–Crippen MR) is 93.6 cm³/mol. The molecule has 1 saturated heterocycles. The van der Waals surface area contributed by atoms with Crippen molar-refractivity contribution in [3.63, 3.8) is 0 Å². The second-order valence-electron chi connectivity index (χ2n) is 7.53. The van der Waals surface area contributed by atoms with Crippen LogP contribution in [-0.4, -0.2) is 28.7 Å². The third-order valence-corrected chi connectivity index (χ3v) is 5.92. The lowest BCUT2D eigenvalue weighted by atomic mass is 9.85. The molecule has 0 radical (unpaired) electrons. The van der Waals surface area contributed by atoms with Crippen LogP contribution in [0.3, 0.4) is 0 Å². The zero-order chi connectivity index (χ0) is 17.9. The number of anilines is 1. The van der Waals surface area contributed by atoms with Crippen molar-refractivity contribution in [1.82, 2.24) is 4.90 Å². The third kappa shape index (κ3) is 2.33. The van der Waals surface area contributed by atoms with E-state index < -0.39 is 6.04 Å². The minimum absolute atomic E-state index is 0.158. The van der Waals surface area contributed by atoms with Gasteiger partial charge in [-0.3, -0.25) is 19.3 Å². The number of fused-ring (bicyclic) bond motifs is 5. The maximum Gasteiger partial charge on any atom is 0.247 e. The highest BCUT2D eigenvalue weighted by Gasteiger charge is 2.60. The number of hydrogen-bond donors (Lipinski definition) is 1. The summed E-state index contributed by atoms with van der Waals surface area (Å²) in [4.78, 5) is 39.5. The number of benzene rings is 1. The van der Waals surface area contributed by atoms with Crippen molar-refractivity contribution in [2.24, 2.45) is 23.7 Å². The number of nitrogens with zero attached hydrogens (tertiary/aromatic N) is 1. The number of aryl methyl sites for hydroxylation is 2. The summed E-state index contributed by atoms with van der Waals surface area (Å²) in [6, 6.07) is 5.01. The Morgan fingerprint density at radius 3 is 2.32 bits per heavy atom. The van der Waals surface area contributed by atoms with Crippen LogP contribution in [0.15, 0.2) is 30.4 Å². The topological polar surface area (TPSA) is 66.5 Å². The first kappa shape index (κ1) is 16.1. The van der Waals surface area contributed by atoms with Crippen LogP contribution in [0.25, 0.3) is 0 Å². The van der Waals surface area contributed by atoms with Crippen LogP contribution >= 0.6 is 0 Å². The first-order valence-electron chi connectivity index (χ1n) is 8.82. The van der Waals surface area contributed by atoms with Gasteiger partial charge < -0.3 is 5.32 Å². The summed E-state index contributed by atoms with van der Waals surface area (Å²) >= 11 is 0. The number of imide groups is 1. The minimum atomic E-state index is -0.801. The van der Waals surface area contributed by atoms with Crippen molar-refractivity contribution in [3.8, 4) is 0 Å². The number of hydrogen-bond acceptors (Lipinski definition) is 3. The fourth-order valence-corrected chi connectivity index (χ4v) is 4.53. The normalized spacial score (nSPS) is 30.8. The summed E-state index contributed by atoms with van der Waals surface area (Å²) in [6.45, 7) is 5.50. The molecule has 1 aromatic rings. The number of allylic oxidation sites excluding steroid dienone is 2. The molecule has 3 amide bonds. The van der Waals surface area contributed by atoms with Crippen molar-refractivity contribution < 1.29 is 14.4 Å². The van der Waals surface area contributed by atoms with E-state index in [4.69, 9.17) is 0 Å². The second kappa shape index (κ2) is 5.55. The Morgan fingerprint density at radius 1 is 1.12 bits per heavy atom. The molecule has 3 aliphatic rings. The van der Waals surface area contributed by atoms with Crippen LogP contribution in [0, 0.1) is 37.5 Å². The van der Waals surface area contributed by atoms with E-state index in [0.717, 1.165) is 23.2 Å². The Morgan fingerprint density at radius 2 is 1.72 bits per heavy atom. The summed E-state index contributed by atoms with van der Waals surface area (Å²) in [5, 5.41) is 2.87. The lowest BCUT2D eigenvalue weighted by Gasteiger charge is -2.24. The molecule has 1 saturated carbocycles. The van der Waals surface area contributed by atoms with Crippen LogP contribution in [-0.2, 0) is 14.4 Å². The van der Waals surface area contributed by atoms with E-state index in [9.17, 15) is 14.4 Å². The average Bonchev–Trinajstić information content (AvgIpc) is 3.24.